The van der Waals surface area contributed by atoms with Crippen LogP contribution in [-0.4, -0.2) is 15.0 Å². The molecule has 268 valence electrons. The molecule has 1 aliphatic heterocycles. The fourth-order valence-corrected chi connectivity index (χ4v) is 14.6. The summed E-state index contributed by atoms with van der Waals surface area (Å²) in [4.78, 5) is 26.1. The highest BCUT2D eigenvalue weighted by Gasteiger charge is 2.40. The van der Waals surface area contributed by atoms with Crippen molar-refractivity contribution in [3.05, 3.63) is 175 Å². The van der Waals surface area contributed by atoms with Crippen LogP contribution in [-0.2, 0) is 0 Å². The van der Waals surface area contributed by atoms with Crippen LogP contribution in [0.15, 0.2) is 177 Å². The summed E-state index contributed by atoms with van der Waals surface area (Å²) in [6.45, 7) is 4.33. The van der Waals surface area contributed by atoms with Crippen LogP contribution in [0, 0.1) is 13.8 Å². The highest BCUT2D eigenvalue weighted by molar-refractivity contribution is 8.94. The third-order valence-electron chi connectivity index (χ3n) is 10.6. The maximum Gasteiger partial charge on any atom is 0.239 e. The molecule has 1 aromatic heterocycles. The molecule has 7 heteroatoms. The van der Waals surface area contributed by atoms with Crippen LogP contribution < -0.4 is 9.80 Å². The van der Waals surface area contributed by atoms with Gasteiger partial charge in [0.2, 0.25) is 11.9 Å². The summed E-state index contributed by atoms with van der Waals surface area (Å²) in [5, 5.41) is 0. The van der Waals surface area contributed by atoms with Gasteiger partial charge in [-0.2, -0.15) is 15.0 Å². The predicted octanol–water partition coefficient (Wildman–Crippen LogP) is 13.8. The monoisotopic (exact) mass is 741 g/mol. The third kappa shape index (κ3) is 6.15. The Morgan fingerprint density at radius 2 is 1.09 bits per heavy atom. The molecule has 2 heterocycles. The van der Waals surface area contributed by atoms with E-state index >= 15 is 0 Å². The van der Waals surface area contributed by atoms with Crippen molar-refractivity contribution in [1.29, 1.82) is 0 Å². The summed E-state index contributed by atoms with van der Waals surface area (Å²) in [5.41, 5.74) is 6.58. The van der Waals surface area contributed by atoms with Gasteiger partial charge in [-0.15, -0.1) is 9.06 Å². The first kappa shape index (κ1) is 34.4. The minimum atomic E-state index is -1.87. The number of aromatic nitrogens is 3. The molecule has 0 saturated heterocycles. The fraction of sp³-hybridized carbons (Fsp3) is 0.170. The van der Waals surface area contributed by atoms with Crippen LogP contribution in [0.2, 0.25) is 0 Å². The molecule has 0 unspecified atom stereocenters. The lowest BCUT2D eigenvalue weighted by molar-refractivity contribution is 0.428. The molecule has 0 radical (unpaired) electrons. The van der Waals surface area contributed by atoms with Crippen LogP contribution in [0.25, 0.3) is 0 Å². The number of hydrogen-bond acceptors (Lipinski definition) is 6. The molecule has 1 saturated carbocycles. The molecule has 5 nitrogen and oxygen atoms in total. The quantitative estimate of drug-likeness (QED) is 0.152. The Balaban J connectivity index is 1.34. The molecule has 54 heavy (non-hydrogen) atoms. The molecule has 0 bridgehead atoms. The molecule has 0 atom stereocenters. The zero-order chi connectivity index (χ0) is 36.5. The molecule has 2 aliphatic rings. The van der Waals surface area contributed by atoms with E-state index < -0.39 is 9.06 Å². The van der Waals surface area contributed by atoms with Gasteiger partial charge >= 0.3 is 0 Å². The summed E-state index contributed by atoms with van der Waals surface area (Å²) < 4.78 is 0. The van der Waals surface area contributed by atoms with Crippen molar-refractivity contribution in [2.24, 2.45) is 0 Å². The molecule has 0 spiro atoms. The molecule has 0 N–H and O–H groups in total. The van der Waals surface area contributed by atoms with Crippen molar-refractivity contribution in [3.63, 3.8) is 0 Å². The fourth-order valence-electron chi connectivity index (χ4n) is 7.92. The molecule has 6 aromatic carbocycles. The zero-order valence-electron chi connectivity index (χ0n) is 30.7. The Kier molecular flexibility index (Phi) is 9.43. The lowest BCUT2D eigenvalue weighted by atomic mass is 9.89. The van der Waals surface area contributed by atoms with Crippen LogP contribution in [0.4, 0.5) is 34.6 Å². The van der Waals surface area contributed by atoms with E-state index in [1.54, 1.807) is 0 Å². The Morgan fingerprint density at radius 1 is 0.556 bits per heavy atom. The second-order valence-corrected chi connectivity index (χ2v) is 19.2. The van der Waals surface area contributed by atoms with Gasteiger partial charge in [-0.25, -0.2) is 0 Å². The Morgan fingerprint density at radius 3 is 1.72 bits per heavy atom. The van der Waals surface area contributed by atoms with E-state index in [-0.39, 0.29) is 5.92 Å². The predicted molar refractivity (Wildman–Crippen MR) is 226 cm³/mol. The van der Waals surface area contributed by atoms with Crippen molar-refractivity contribution in [2.75, 3.05) is 9.80 Å². The standard InChI is InChI=1S/C47H43N5S2/c1-34-20-12-14-28-39(34)51(40-29-15-13-21-35(40)2)46-48-45(36-22-6-3-7-23-36)49-47(50-46)52-41-30-16-18-32-43(41)53-54(37-24-8-4-9-25-37,38-26-10-5-11-27-38)44-33-19-17-31-42(44)52/h4-5,8-21,24-33,36H,3,6-7,22-23H2,1-2H3. The van der Waals surface area contributed by atoms with Gasteiger partial charge in [0.1, 0.15) is 5.82 Å². The van der Waals surface area contributed by atoms with E-state index in [2.05, 4.69) is 181 Å². The molecular formula is C47H43N5S2. The smallest absolute Gasteiger partial charge is 0.239 e. The average Bonchev–Trinajstić information content (AvgIpc) is 3.36. The second-order valence-electron chi connectivity index (χ2n) is 14.1. The highest BCUT2D eigenvalue weighted by atomic mass is 33.2. The van der Waals surface area contributed by atoms with E-state index in [4.69, 9.17) is 15.0 Å². The van der Waals surface area contributed by atoms with E-state index in [1.807, 2.05) is 10.8 Å². The number of fused-ring (bicyclic) bond motifs is 2. The van der Waals surface area contributed by atoms with Gasteiger partial charge < -0.3 is 0 Å². The van der Waals surface area contributed by atoms with Gasteiger partial charge in [-0.1, -0.05) is 127 Å². The van der Waals surface area contributed by atoms with E-state index in [0.29, 0.717) is 11.9 Å². The molecular weight excluding hydrogens is 699 g/mol. The number of anilines is 6. The Labute approximate surface area is 323 Å². The summed E-state index contributed by atoms with van der Waals surface area (Å²) >= 11 is 0. The van der Waals surface area contributed by atoms with E-state index in [1.165, 1.54) is 38.8 Å². The van der Waals surface area contributed by atoms with Gasteiger partial charge in [0.05, 0.1) is 22.7 Å². The summed E-state index contributed by atoms with van der Waals surface area (Å²) in [6.07, 6.45) is 5.79. The largest absolute Gasteiger partial charge is 0.278 e. The first-order chi connectivity index (χ1) is 26.6. The van der Waals surface area contributed by atoms with Gasteiger partial charge in [0.25, 0.3) is 0 Å². The Bertz CT molecular complexity index is 2330. The summed E-state index contributed by atoms with van der Waals surface area (Å²) in [7, 11) is 0.107. The zero-order valence-corrected chi connectivity index (χ0v) is 32.3. The van der Waals surface area contributed by atoms with Gasteiger partial charge in [0.15, 0.2) is 0 Å². The molecule has 0 amide bonds. The Hall–Kier alpha value is -5.37. The van der Waals surface area contributed by atoms with E-state index in [9.17, 15) is 0 Å². The number of para-hydroxylation sites is 4. The van der Waals surface area contributed by atoms with Gasteiger partial charge in [0, 0.05) is 25.5 Å². The minimum Gasteiger partial charge on any atom is -0.278 e. The SMILES string of the molecule is Cc1ccccc1N(c1nc(C2CCCCC2)nc(N2c3ccccc3SS(c3ccccc3)(c3ccccc3)c3ccccc32)n1)c1ccccc1C. The van der Waals surface area contributed by atoms with Crippen molar-refractivity contribution < 1.29 is 0 Å². The maximum atomic E-state index is 5.55. The van der Waals surface area contributed by atoms with Crippen molar-refractivity contribution in [2.45, 2.75) is 71.5 Å². The van der Waals surface area contributed by atoms with Gasteiger partial charge in [-0.3, -0.25) is 9.80 Å². The number of aryl methyl sites for hydroxylation is 2. The van der Waals surface area contributed by atoms with Gasteiger partial charge in [-0.05, 0) is 98.5 Å². The molecule has 1 aliphatic carbocycles. The first-order valence-electron chi connectivity index (χ1n) is 18.9. The van der Waals surface area contributed by atoms with Crippen LogP contribution >= 0.6 is 19.9 Å². The number of nitrogens with zero attached hydrogens (tertiary/aromatic N) is 5. The maximum absolute atomic E-state index is 5.55. The molecule has 7 aromatic rings. The van der Waals surface area contributed by atoms with E-state index in [0.717, 1.165) is 52.5 Å². The number of rotatable bonds is 7. The number of benzene rings is 6. The van der Waals surface area contributed by atoms with Crippen molar-refractivity contribution in [3.8, 4) is 0 Å². The molecule has 1 fully saturated rings. The normalized spacial score (nSPS) is 15.8. The van der Waals surface area contributed by atoms with Crippen LogP contribution in [0.5, 0.6) is 0 Å². The summed E-state index contributed by atoms with van der Waals surface area (Å²) in [6, 6.07) is 56.9. The molecule has 9 rings (SSSR count). The third-order valence-corrected chi connectivity index (χ3v) is 17.2. The lowest BCUT2D eigenvalue weighted by Gasteiger charge is -2.40. The topological polar surface area (TPSA) is 45.2 Å². The van der Waals surface area contributed by atoms with Crippen LogP contribution in [0.3, 0.4) is 0 Å². The minimum absolute atomic E-state index is 0.264. The first-order valence-corrected chi connectivity index (χ1v) is 21.9. The average molecular weight is 742 g/mol. The van der Waals surface area contributed by atoms with Crippen molar-refractivity contribution in [1.82, 2.24) is 15.0 Å². The highest BCUT2D eigenvalue weighted by Crippen LogP contribution is 2.81. The van der Waals surface area contributed by atoms with Crippen molar-refractivity contribution >= 4 is 54.5 Å². The summed E-state index contributed by atoms with van der Waals surface area (Å²) in [5.74, 6) is 2.42. The number of hydrogen-bond donors (Lipinski definition) is 0. The van der Waals surface area contributed by atoms with Crippen LogP contribution in [0.1, 0.15) is 55.0 Å². The second kappa shape index (κ2) is 14.8. The lowest BCUT2D eigenvalue weighted by Crippen LogP contribution is -2.22.